The molecule has 2 heterocycles. The van der Waals surface area contributed by atoms with Crippen molar-refractivity contribution in [1.82, 2.24) is 10.3 Å². The molecule has 0 atom stereocenters. The fourth-order valence-corrected chi connectivity index (χ4v) is 2.30. The molecule has 0 bridgehead atoms. The lowest BCUT2D eigenvalue weighted by atomic mass is 9.93. The van der Waals surface area contributed by atoms with E-state index in [0.717, 1.165) is 5.56 Å². The molecule has 3 rings (SSSR count). The van der Waals surface area contributed by atoms with Crippen LogP contribution >= 0.6 is 0 Å². The van der Waals surface area contributed by atoms with Gasteiger partial charge in [0, 0.05) is 17.0 Å². The van der Waals surface area contributed by atoms with Crippen LogP contribution in [-0.2, 0) is 5.41 Å². The number of hydrogen-bond acceptors (Lipinski definition) is 5. The Morgan fingerprint density at radius 3 is 2.42 bits per heavy atom. The fourth-order valence-electron chi connectivity index (χ4n) is 2.30. The van der Waals surface area contributed by atoms with E-state index in [9.17, 15) is 4.79 Å². The maximum Gasteiger partial charge on any atom is 0.262 e. The van der Waals surface area contributed by atoms with Gasteiger partial charge in [-0.1, -0.05) is 61.4 Å². The molecule has 2 aromatic heterocycles. The van der Waals surface area contributed by atoms with Crippen molar-refractivity contribution in [2.45, 2.75) is 33.1 Å². The monoisotopic (exact) mass is 325 g/mol. The molecule has 0 saturated heterocycles. The Hall–Kier alpha value is -2.89. The van der Waals surface area contributed by atoms with Gasteiger partial charge < -0.3 is 14.4 Å². The standard InChI is InChI=1S/C18H19N3O3/c1-11-15(16(21-23-11)12-8-6-5-7-9-12)17(22)19-14-10-13(24-20-14)18(2,3)4/h5-10H,1-4H3,(H,19,20,22). The first-order valence-corrected chi connectivity index (χ1v) is 7.66. The average Bonchev–Trinajstić information content (AvgIpc) is 3.14. The van der Waals surface area contributed by atoms with Crippen LogP contribution in [0.4, 0.5) is 5.82 Å². The zero-order chi connectivity index (χ0) is 17.3. The lowest BCUT2D eigenvalue weighted by Crippen LogP contribution is -2.14. The van der Waals surface area contributed by atoms with Crippen molar-refractivity contribution < 1.29 is 13.8 Å². The van der Waals surface area contributed by atoms with E-state index in [1.54, 1.807) is 13.0 Å². The van der Waals surface area contributed by atoms with Gasteiger partial charge in [-0.2, -0.15) is 0 Å². The summed E-state index contributed by atoms with van der Waals surface area (Å²) in [6.07, 6.45) is 0. The van der Waals surface area contributed by atoms with Crippen LogP contribution in [0, 0.1) is 6.92 Å². The number of carbonyl (C=O) groups is 1. The van der Waals surface area contributed by atoms with Crippen molar-refractivity contribution in [2.24, 2.45) is 0 Å². The molecule has 0 aliphatic rings. The summed E-state index contributed by atoms with van der Waals surface area (Å²) in [7, 11) is 0. The summed E-state index contributed by atoms with van der Waals surface area (Å²) in [5, 5.41) is 10.7. The third-order valence-electron chi connectivity index (χ3n) is 3.63. The normalized spacial score (nSPS) is 11.5. The number of benzene rings is 1. The minimum atomic E-state index is -0.332. The lowest BCUT2D eigenvalue weighted by molar-refractivity contribution is 0.102. The molecular weight excluding hydrogens is 306 g/mol. The highest BCUT2D eigenvalue weighted by atomic mass is 16.5. The third kappa shape index (κ3) is 3.08. The predicted octanol–water partition coefficient (Wildman–Crippen LogP) is 4.19. The summed E-state index contributed by atoms with van der Waals surface area (Å²) in [4.78, 5) is 12.7. The molecule has 6 heteroatoms. The van der Waals surface area contributed by atoms with Crippen molar-refractivity contribution in [3.63, 3.8) is 0 Å². The van der Waals surface area contributed by atoms with Gasteiger partial charge in [0.15, 0.2) is 5.82 Å². The van der Waals surface area contributed by atoms with E-state index in [-0.39, 0.29) is 11.3 Å². The van der Waals surface area contributed by atoms with Crippen LogP contribution in [0.2, 0.25) is 0 Å². The van der Waals surface area contributed by atoms with Crippen molar-refractivity contribution in [3.05, 3.63) is 53.5 Å². The summed E-state index contributed by atoms with van der Waals surface area (Å²) < 4.78 is 10.5. The highest BCUT2D eigenvalue weighted by Crippen LogP contribution is 2.27. The van der Waals surface area contributed by atoms with Crippen LogP contribution < -0.4 is 5.32 Å². The third-order valence-corrected chi connectivity index (χ3v) is 3.63. The molecule has 24 heavy (non-hydrogen) atoms. The minimum Gasteiger partial charge on any atom is -0.360 e. The predicted molar refractivity (Wildman–Crippen MR) is 89.8 cm³/mol. The first-order chi connectivity index (χ1) is 11.4. The Morgan fingerprint density at radius 2 is 1.79 bits per heavy atom. The second-order valence-corrected chi connectivity index (χ2v) is 6.61. The van der Waals surface area contributed by atoms with Gasteiger partial charge >= 0.3 is 0 Å². The summed E-state index contributed by atoms with van der Waals surface area (Å²) in [6, 6.07) is 11.1. The first-order valence-electron chi connectivity index (χ1n) is 7.66. The summed E-state index contributed by atoms with van der Waals surface area (Å²) in [5.74, 6) is 1.18. The smallest absolute Gasteiger partial charge is 0.262 e. The van der Waals surface area contributed by atoms with Gasteiger partial charge in [-0.15, -0.1) is 0 Å². The lowest BCUT2D eigenvalue weighted by Gasteiger charge is -2.12. The van der Waals surface area contributed by atoms with Crippen LogP contribution in [0.5, 0.6) is 0 Å². The van der Waals surface area contributed by atoms with Gasteiger partial charge in [0.25, 0.3) is 5.91 Å². The number of hydrogen-bond donors (Lipinski definition) is 1. The molecule has 0 saturated carbocycles. The molecule has 6 nitrogen and oxygen atoms in total. The second kappa shape index (κ2) is 5.96. The summed E-state index contributed by atoms with van der Waals surface area (Å²) in [5.41, 5.74) is 1.53. The number of carbonyl (C=O) groups excluding carboxylic acids is 1. The molecule has 0 aliphatic carbocycles. The topological polar surface area (TPSA) is 81.2 Å². The Bertz CT molecular complexity index is 857. The van der Waals surface area contributed by atoms with E-state index in [2.05, 4.69) is 15.6 Å². The molecule has 0 spiro atoms. The van der Waals surface area contributed by atoms with Gasteiger partial charge in [-0.25, -0.2) is 0 Å². The Kier molecular flexibility index (Phi) is 3.97. The fraction of sp³-hybridized carbons (Fsp3) is 0.278. The van der Waals surface area contributed by atoms with E-state index >= 15 is 0 Å². The number of anilines is 1. The van der Waals surface area contributed by atoms with Crippen LogP contribution in [0.1, 0.15) is 42.6 Å². The molecule has 0 radical (unpaired) electrons. The number of rotatable bonds is 3. The molecule has 0 fully saturated rings. The molecular formula is C18H19N3O3. The number of nitrogens with zero attached hydrogens (tertiary/aromatic N) is 2. The van der Waals surface area contributed by atoms with Crippen LogP contribution in [-0.4, -0.2) is 16.2 Å². The zero-order valence-electron chi connectivity index (χ0n) is 14.1. The largest absolute Gasteiger partial charge is 0.360 e. The van der Waals surface area contributed by atoms with E-state index in [1.807, 2.05) is 51.1 Å². The van der Waals surface area contributed by atoms with Gasteiger partial charge in [0.2, 0.25) is 0 Å². The Balaban J connectivity index is 1.89. The molecule has 0 unspecified atom stereocenters. The number of aryl methyl sites for hydroxylation is 1. The SMILES string of the molecule is Cc1onc(-c2ccccc2)c1C(=O)Nc1cc(C(C)(C)C)on1. The van der Waals surface area contributed by atoms with Crippen molar-refractivity contribution in [1.29, 1.82) is 0 Å². The Labute approximate surface area is 139 Å². The molecule has 0 aliphatic heterocycles. The molecule has 3 aromatic rings. The molecule has 1 aromatic carbocycles. The average molecular weight is 325 g/mol. The maximum atomic E-state index is 12.7. The second-order valence-electron chi connectivity index (χ2n) is 6.61. The van der Waals surface area contributed by atoms with Crippen LogP contribution in [0.25, 0.3) is 11.3 Å². The van der Waals surface area contributed by atoms with Gasteiger partial charge in [0.05, 0.1) is 0 Å². The van der Waals surface area contributed by atoms with E-state index in [1.165, 1.54) is 0 Å². The summed E-state index contributed by atoms with van der Waals surface area (Å²) in [6.45, 7) is 7.74. The van der Waals surface area contributed by atoms with Crippen molar-refractivity contribution in [2.75, 3.05) is 5.32 Å². The number of aromatic nitrogens is 2. The van der Waals surface area contributed by atoms with E-state index < -0.39 is 0 Å². The molecule has 1 N–H and O–H groups in total. The Morgan fingerprint density at radius 1 is 1.08 bits per heavy atom. The van der Waals surface area contributed by atoms with E-state index in [0.29, 0.717) is 28.6 Å². The maximum absolute atomic E-state index is 12.7. The first kappa shape index (κ1) is 16.0. The van der Waals surface area contributed by atoms with Crippen molar-refractivity contribution >= 4 is 11.7 Å². The van der Waals surface area contributed by atoms with Gasteiger partial charge in [0.1, 0.15) is 22.8 Å². The quantitative estimate of drug-likeness (QED) is 0.781. The van der Waals surface area contributed by atoms with Crippen molar-refractivity contribution in [3.8, 4) is 11.3 Å². The van der Waals surface area contributed by atoms with Gasteiger partial charge in [-0.05, 0) is 6.92 Å². The molecule has 1 amide bonds. The van der Waals surface area contributed by atoms with Crippen LogP contribution in [0.15, 0.2) is 45.4 Å². The summed E-state index contributed by atoms with van der Waals surface area (Å²) >= 11 is 0. The molecule has 124 valence electrons. The highest BCUT2D eigenvalue weighted by molar-refractivity contribution is 6.08. The van der Waals surface area contributed by atoms with E-state index in [4.69, 9.17) is 9.05 Å². The number of amides is 1. The zero-order valence-corrected chi connectivity index (χ0v) is 14.1. The minimum absolute atomic E-state index is 0.182. The van der Waals surface area contributed by atoms with Gasteiger partial charge in [-0.3, -0.25) is 4.79 Å². The highest BCUT2D eigenvalue weighted by Gasteiger charge is 2.24. The van der Waals surface area contributed by atoms with Crippen LogP contribution in [0.3, 0.4) is 0 Å². The number of nitrogens with one attached hydrogen (secondary N) is 1.